The zero-order valence-corrected chi connectivity index (χ0v) is 12.4. The predicted molar refractivity (Wildman–Crippen MR) is 84.5 cm³/mol. The molecule has 0 aliphatic rings. The number of guanidine groups is 1. The molecule has 1 heterocycles. The van der Waals surface area contributed by atoms with Crippen molar-refractivity contribution >= 4 is 29.2 Å². The molecule has 0 unspecified atom stereocenters. The molecule has 5 N–H and O–H groups in total. The second-order valence-corrected chi connectivity index (χ2v) is 4.42. The molecule has 8 nitrogen and oxygen atoms in total. The highest BCUT2D eigenvalue weighted by Gasteiger charge is 2.14. The summed E-state index contributed by atoms with van der Waals surface area (Å²) in [5.74, 6) is -1.05. The molecule has 2 rings (SSSR count). The lowest BCUT2D eigenvalue weighted by atomic mass is 10.1. The molecule has 1 aromatic carbocycles. The third-order valence-electron chi connectivity index (χ3n) is 2.75. The van der Waals surface area contributed by atoms with E-state index in [0.29, 0.717) is 5.69 Å². The number of hydrogen-bond acceptors (Lipinski definition) is 5. The summed E-state index contributed by atoms with van der Waals surface area (Å²) in [5, 5.41) is 2.61. The maximum absolute atomic E-state index is 12.0. The Bertz CT molecular complexity index is 734. The van der Waals surface area contributed by atoms with E-state index in [0.717, 1.165) is 0 Å². The lowest BCUT2D eigenvalue weighted by Gasteiger charge is -2.09. The minimum Gasteiger partial charge on any atom is -0.462 e. The molecule has 0 aliphatic carbocycles. The van der Waals surface area contributed by atoms with Gasteiger partial charge in [-0.1, -0.05) is 0 Å². The first-order chi connectivity index (χ1) is 11.0. The summed E-state index contributed by atoms with van der Waals surface area (Å²) >= 11 is 0. The Morgan fingerprint density at radius 3 is 2.70 bits per heavy atom. The fourth-order valence-corrected chi connectivity index (χ4v) is 1.80. The van der Waals surface area contributed by atoms with Crippen molar-refractivity contribution in [3.05, 3.63) is 47.9 Å². The summed E-state index contributed by atoms with van der Waals surface area (Å²) in [4.78, 5) is 27.7. The summed E-state index contributed by atoms with van der Waals surface area (Å²) in [6.07, 6.45) is 1.38. The van der Waals surface area contributed by atoms with E-state index >= 15 is 0 Å². The van der Waals surface area contributed by atoms with Crippen LogP contribution >= 0.6 is 0 Å². The molecule has 23 heavy (non-hydrogen) atoms. The minimum atomic E-state index is -0.511. The fourth-order valence-electron chi connectivity index (χ4n) is 1.80. The van der Waals surface area contributed by atoms with Gasteiger partial charge in [0.1, 0.15) is 0 Å². The van der Waals surface area contributed by atoms with Crippen molar-refractivity contribution in [2.45, 2.75) is 6.92 Å². The van der Waals surface area contributed by atoms with E-state index in [2.05, 4.69) is 10.3 Å². The standard InChI is InChI=1S/C15H16N4O4/c1-2-22-14(21)9-5-6-10(11(8-9)19-15(16)17)18-13(20)12-4-3-7-23-12/h3-8H,2H2,1H3,(H,18,20)(H4,16,17,19). The largest absolute Gasteiger partial charge is 0.462 e. The van der Waals surface area contributed by atoms with E-state index in [-0.39, 0.29) is 29.6 Å². The molecule has 0 aliphatic heterocycles. The van der Waals surface area contributed by atoms with E-state index in [9.17, 15) is 9.59 Å². The van der Waals surface area contributed by atoms with Gasteiger partial charge in [-0.25, -0.2) is 9.79 Å². The highest BCUT2D eigenvalue weighted by molar-refractivity contribution is 6.04. The molecule has 0 bridgehead atoms. The number of benzene rings is 1. The van der Waals surface area contributed by atoms with E-state index < -0.39 is 11.9 Å². The Morgan fingerprint density at radius 1 is 1.30 bits per heavy atom. The first-order valence-electron chi connectivity index (χ1n) is 6.77. The molecule has 0 spiro atoms. The normalized spacial score (nSPS) is 9.96. The van der Waals surface area contributed by atoms with Crippen LogP contribution < -0.4 is 16.8 Å². The van der Waals surface area contributed by atoms with Crippen LogP contribution in [0.3, 0.4) is 0 Å². The first-order valence-corrected chi connectivity index (χ1v) is 6.77. The lowest BCUT2D eigenvalue weighted by Crippen LogP contribution is -2.22. The number of hydrogen-bond donors (Lipinski definition) is 3. The molecule has 2 aromatic rings. The summed E-state index contributed by atoms with van der Waals surface area (Å²) in [6, 6.07) is 7.55. The summed E-state index contributed by atoms with van der Waals surface area (Å²) < 4.78 is 9.93. The molecule has 8 heteroatoms. The topological polar surface area (TPSA) is 133 Å². The summed E-state index contributed by atoms with van der Waals surface area (Å²) in [6.45, 7) is 1.94. The maximum Gasteiger partial charge on any atom is 0.338 e. The van der Waals surface area contributed by atoms with Gasteiger partial charge in [-0.3, -0.25) is 4.79 Å². The minimum absolute atomic E-state index is 0.134. The Balaban J connectivity index is 2.33. The maximum atomic E-state index is 12.0. The second kappa shape index (κ2) is 7.12. The van der Waals surface area contributed by atoms with Gasteiger partial charge in [0.05, 0.1) is 29.8 Å². The van der Waals surface area contributed by atoms with Gasteiger partial charge in [-0.2, -0.15) is 0 Å². The second-order valence-electron chi connectivity index (χ2n) is 4.42. The number of ether oxygens (including phenoxy) is 1. The van der Waals surface area contributed by atoms with Crippen molar-refractivity contribution in [1.82, 2.24) is 0 Å². The van der Waals surface area contributed by atoms with Crippen molar-refractivity contribution in [3.8, 4) is 0 Å². The Morgan fingerprint density at radius 2 is 2.09 bits per heavy atom. The molecule has 0 radical (unpaired) electrons. The molecule has 0 atom stereocenters. The van der Waals surface area contributed by atoms with E-state index in [1.807, 2.05) is 0 Å². The van der Waals surface area contributed by atoms with Crippen molar-refractivity contribution in [1.29, 1.82) is 0 Å². The van der Waals surface area contributed by atoms with E-state index in [4.69, 9.17) is 20.6 Å². The van der Waals surface area contributed by atoms with Crippen LogP contribution in [0.15, 0.2) is 46.0 Å². The third-order valence-corrected chi connectivity index (χ3v) is 2.75. The molecule has 0 saturated carbocycles. The highest BCUT2D eigenvalue weighted by atomic mass is 16.5. The van der Waals surface area contributed by atoms with Gasteiger partial charge in [0.15, 0.2) is 11.7 Å². The van der Waals surface area contributed by atoms with Gasteiger partial charge in [0.2, 0.25) is 0 Å². The number of rotatable bonds is 5. The number of carbonyl (C=O) groups is 2. The number of nitrogens with two attached hydrogens (primary N) is 2. The number of nitrogens with zero attached hydrogens (tertiary/aromatic N) is 1. The number of aliphatic imine (C=N–C) groups is 1. The molecule has 1 aromatic heterocycles. The fraction of sp³-hybridized carbons (Fsp3) is 0.133. The Kier molecular flexibility index (Phi) is 4.98. The Hall–Kier alpha value is -3.29. The zero-order valence-electron chi connectivity index (χ0n) is 12.4. The summed E-state index contributed by atoms with van der Waals surface area (Å²) in [5.41, 5.74) is 11.6. The summed E-state index contributed by atoms with van der Waals surface area (Å²) in [7, 11) is 0. The molecule has 0 fully saturated rings. The first kappa shape index (κ1) is 16.1. The molecular weight excluding hydrogens is 300 g/mol. The number of carbonyl (C=O) groups excluding carboxylic acids is 2. The Labute approximate surface area is 132 Å². The van der Waals surface area contributed by atoms with Crippen LogP contribution in [0.25, 0.3) is 0 Å². The molecule has 1 amide bonds. The highest BCUT2D eigenvalue weighted by Crippen LogP contribution is 2.27. The van der Waals surface area contributed by atoms with Gasteiger partial charge in [0, 0.05) is 0 Å². The van der Waals surface area contributed by atoms with Crippen molar-refractivity contribution < 1.29 is 18.7 Å². The quantitative estimate of drug-likeness (QED) is 0.436. The molecule has 0 saturated heterocycles. The average Bonchev–Trinajstić information content (AvgIpc) is 3.03. The average molecular weight is 316 g/mol. The smallest absolute Gasteiger partial charge is 0.338 e. The number of anilines is 1. The van der Waals surface area contributed by atoms with Crippen LogP contribution in [0, 0.1) is 0 Å². The van der Waals surface area contributed by atoms with Gasteiger partial charge in [-0.05, 0) is 37.3 Å². The van der Waals surface area contributed by atoms with Gasteiger partial charge < -0.3 is 25.9 Å². The van der Waals surface area contributed by atoms with Crippen molar-refractivity contribution in [2.24, 2.45) is 16.5 Å². The van der Waals surface area contributed by atoms with Crippen molar-refractivity contribution in [2.75, 3.05) is 11.9 Å². The van der Waals surface area contributed by atoms with E-state index in [1.54, 1.807) is 13.0 Å². The van der Waals surface area contributed by atoms with Crippen molar-refractivity contribution in [3.63, 3.8) is 0 Å². The SMILES string of the molecule is CCOC(=O)c1ccc(NC(=O)c2ccco2)c(N=C(N)N)c1. The van der Waals surface area contributed by atoms with Crippen LogP contribution in [0.2, 0.25) is 0 Å². The molecule has 120 valence electrons. The van der Waals surface area contributed by atoms with Crippen LogP contribution in [0.4, 0.5) is 11.4 Å². The lowest BCUT2D eigenvalue weighted by molar-refractivity contribution is 0.0526. The van der Waals surface area contributed by atoms with Gasteiger partial charge in [-0.15, -0.1) is 0 Å². The van der Waals surface area contributed by atoms with Crippen LogP contribution in [0.1, 0.15) is 27.8 Å². The monoisotopic (exact) mass is 316 g/mol. The van der Waals surface area contributed by atoms with Crippen LogP contribution in [-0.2, 0) is 4.74 Å². The number of amides is 1. The predicted octanol–water partition coefficient (Wildman–Crippen LogP) is 1.61. The number of nitrogens with one attached hydrogen (secondary N) is 1. The number of furan rings is 1. The van der Waals surface area contributed by atoms with Crippen LogP contribution in [-0.4, -0.2) is 24.4 Å². The van der Waals surface area contributed by atoms with Gasteiger partial charge in [0.25, 0.3) is 5.91 Å². The van der Waals surface area contributed by atoms with Crippen LogP contribution in [0.5, 0.6) is 0 Å². The molecular formula is C15H16N4O4. The zero-order chi connectivity index (χ0) is 16.8. The van der Waals surface area contributed by atoms with Gasteiger partial charge >= 0.3 is 5.97 Å². The van der Waals surface area contributed by atoms with E-state index in [1.165, 1.54) is 30.5 Å². The third kappa shape index (κ3) is 4.10. The number of esters is 1.